The number of methoxy groups -OCH3 is 1. The molecule has 0 saturated heterocycles. The fraction of sp³-hybridized carbons (Fsp3) is 1.00. The number of nitrogens with one attached hydrogen (secondary N) is 1. The van der Waals surface area contributed by atoms with Gasteiger partial charge in [0.25, 0.3) is 0 Å². The summed E-state index contributed by atoms with van der Waals surface area (Å²) >= 11 is 0. The zero-order chi connectivity index (χ0) is 13.7. The van der Waals surface area contributed by atoms with Crippen molar-refractivity contribution < 1.29 is 14.6 Å². The minimum Gasteiger partial charge on any atom is -0.394 e. The molecule has 0 aliphatic rings. The van der Waals surface area contributed by atoms with E-state index in [0.29, 0.717) is 0 Å². The first-order chi connectivity index (χ1) is 8.68. The summed E-state index contributed by atoms with van der Waals surface area (Å²) < 4.78 is 10.5. The smallest absolute Gasteiger partial charge is 0.0610 e. The van der Waals surface area contributed by atoms with Crippen LogP contribution >= 0.6 is 0 Å². The third-order valence-corrected chi connectivity index (χ3v) is 3.06. The predicted octanol–water partition coefficient (Wildman–Crippen LogP) is 1.96. The van der Waals surface area contributed by atoms with Crippen LogP contribution in [0.2, 0.25) is 0 Å². The van der Waals surface area contributed by atoms with Crippen LogP contribution in [0.25, 0.3) is 0 Å². The van der Waals surface area contributed by atoms with Crippen molar-refractivity contribution in [3.8, 4) is 0 Å². The van der Waals surface area contributed by atoms with Gasteiger partial charge in [-0.3, -0.25) is 0 Å². The average molecular weight is 261 g/mol. The third kappa shape index (κ3) is 9.83. The van der Waals surface area contributed by atoms with Gasteiger partial charge in [-0.25, -0.2) is 0 Å². The van der Waals surface area contributed by atoms with E-state index in [1.165, 1.54) is 0 Å². The van der Waals surface area contributed by atoms with Crippen LogP contribution in [-0.4, -0.2) is 50.7 Å². The molecule has 0 aliphatic carbocycles. The van der Waals surface area contributed by atoms with E-state index in [4.69, 9.17) is 9.47 Å². The van der Waals surface area contributed by atoms with Gasteiger partial charge in [0.1, 0.15) is 0 Å². The highest BCUT2D eigenvalue weighted by Gasteiger charge is 2.21. The first kappa shape index (κ1) is 17.8. The predicted molar refractivity (Wildman–Crippen MR) is 74.9 cm³/mol. The number of ether oxygens (including phenoxy) is 2. The molecule has 1 unspecified atom stereocenters. The molecule has 4 heteroatoms. The van der Waals surface area contributed by atoms with E-state index >= 15 is 0 Å². The highest BCUT2D eigenvalue weighted by atomic mass is 16.5. The summed E-state index contributed by atoms with van der Waals surface area (Å²) in [5.74, 6) is 0. The van der Waals surface area contributed by atoms with E-state index in [1.807, 2.05) is 0 Å². The van der Waals surface area contributed by atoms with Gasteiger partial charge in [0.2, 0.25) is 0 Å². The average Bonchev–Trinajstić information content (AvgIpc) is 2.39. The molecule has 0 amide bonds. The number of hydrogen-bond acceptors (Lipinski definition) is 4. The Hall–Kier alpha value is -0.160. The zero-order valence-electron chi connectivity index (χ0n) is 12.3. The lowest BCUT2D eigenvalue weighted by Crippen LogP contribution is -2.46. The maximum Gasteiger partial charge on any atom is 0.0610 e. The Morgan fingerprint density at radius 1 is 1.11 bits per heavy atom. The van der Waals surface area contributed by atoms with E-state index in [9.17, 15) is 5.11 Å². The van der Waals surface area contributed by atoms with Crippen molar-refractivity contribution >= 4 is 0 Å². The van der Waals surface area contributed by atoms with Crippen LogP contribution in [-0.2, 0) is 9.47 Å². The fourth-order valence-electron chi connectivity index (χ4n) is 1.78. The Bertz CT molecular complexity index is 178. The van der Waals surface area contributed by atoms with Crippen molar-refractivity contribution in [2.24, 2.45) is 0 Å². The Kier molecular flexibility index (Phi) is 11.8. The second-order valence-electron chi connectivity index (χ2n) is 5.06. The lowest BCUT2D eigenvalue weighted by molar-refractivity contribution is 0.0969. The van der Waals surface area contributed by atoms with E-state index in [1.54, 1.807) is 7.11 Å². The van der Waals surface area contributed by atoms with Crippen molar-refractivity contribution in [1.29, 1.82) is 0 Å². The number of unbranched alkanes of at least 4 members (excludes halogenated alkanes) is 1. The molecule has 0 heterocycles. The van der Waals surface area contributed by atoms with E-state index < -0.39 is 0 Å². The molecule has 110 valence electrons. The first-order valence-electron chi connectivity index (χ1n) is 7.11. The fourth-order valence-corrected chi connectivity index (χ4v) is 1.78. The molecule has 0 aromatic heterocycles. The first-order valence-corrected chi connectivity index (χ1v) is 7.11. The standard InChI is InChI=1S/C14H31NO3/c1-4-9-15-14(2,13-16)8-5-6-11-18-12-7-10-17-3/h15-16H,4-13H2,1-3H3. The van der Waals surface area contributed by atoms with Gasteiger partial charge in [0.05, 0.1) is 6.61 Å². The van der Waals surface area contributed by atoms with Crippen LogP contribution in [0.3, 0.4) is 0 Å². The maximum atomic E-state index is 9.40. The van der Waals surface area contributed by atoms with Crippen molar-refractivity contribution in [2.45, 2.75) is 51.5 Å². The Morgan fingerprint density at radius 3 is 2.44 bits per heavy atom. The van der Waals surface area contributed by atoms with Gasteiger partial charge >= 0.3 is 0 Å². The lowest BCUT2D eigenvalue weighted by Gasteiger charge is -2.28. The molecule has 0 radical (unpaired) electrons. The van der Waals surface area contributed by atoms with E-state index in [0.717, 1.165) is 58.5 Å². The van der Waals surface area contributed by atoms with Crippen LogP contribution in [0.1, 0.15) is 46.0 Å². The SMILES string of the molecule is CCCNC(C)(CO)CCCCOCCCOC. The maximum absolute atomic E-state index is 9.40. The minimum absolute atomic E-state index is 0.133. The minimum atomic E-state index is -0.133. The van der Waals surface area contributed by atoms with Gasteiger partial charge in [0.15, 0.2) is 0 Å². The Labute approximate surface area is 112 Å². The number of aliphatic hydroxyl groups excluding tert-OH is 1. The van der Waals surface area contributed by atoms with Gasteiger partial charge in [-0.1, -0.05) is 6.92 Å². The van der Waals surface area contributed by atoms with Crippen LogP contribution in [0.5, 0.6) is 0 Å². The van der Waals surface area contributed by atoms with Gasteiger partial charge < -0.3 is 19.9 Å². The van der Waals surface area contributed by atoms with Crippen LogP contribution in [0, 0.1) is 0 Å². The zero-order valence-corrected chi connectivity index (χ0v) is 12.3. The largest absolute Gasteiger partial charge is 0.394 e. The molecule has 0 saturated carbocycles. The van der Waals surface area contributed by atoms with Gasteiger partial charge in [-0.15, -0.1) is 0 Å². The third-order valence-electron chi connectivity index (χ3n) is 3.06. The van der Waals surface area contributed by atoms with Crippen molar-refractivity contribution in [2.75, 3.05) is 40.1 Å². The molecule has 2 N–H and O–H groups in total. The molecule has 0 fully saturated rings. The van der Waals surface area contributed by atoms with E-state index in [-0.39, 0.29) is 12.1 Å². The highest BCUT2D eigenvalue weighted by molar-refractivity contribution is 4.81. The Balaban J connectivity index is 3.44. The summed E-state index contributed by atoms with van der Waals surface area (Å²) in [5.41, 5.74) is -0.133. The molecular formula is C14H31NO3. The van der Waals surface area contributed by atoms with E-state index in [2.05, 4.69) is 19.2 Å². The molecular weight excluding hydrogens is 230 g/mol. The molecule has 18 heavy (non-hydrogen) atoms. The van der Waals surface area contributed by atoms with Gasteiger partial charge in [-0.2, -0.15) is 0 Å². The summed E-state index contributed by atoms with van der Waals surface area (Å²) in [6, 6.07) is 0. The summed E-state index contributed by atoms with van der Waals surface area (Å²) in [6.45, 7) is 7.73. The lowest BCUT2D eigenvalue weighted by atomic mass is 9.95. The molecule has 0 aromatic carbocycles. The molecule has 0 spiro atoms. The quantitative estimate of drug-likeness (QED) is 0.498. The normalized spacial score (nSPS) is 14.7. The molecule has 0 aliphatic heterocycles. The van der Waals surface area contributed by atoms with Gasteiger partial charge in [-0.05, 0) is 45.6 Å². The number of rotatable bonds is 13. The monoisotopic (exact) mass is 261 g/mol. The number of hydrogen-bond donors (Lipinski definition) is 2. The second kappa shape index (κ2) is 11.9. The molecule has 0 aromatic rings. The number of aliphatic hydroxyl groups is 1. The summed E-state index contributed by atoms with van der Waals surface area (Å²) in [5, 5.41) is 12.8. The van der Waals surface area contributed by atoms with Crippen molar-refractivity contribution in [3.63, 3.8) is 0 Å². The van der Waals surface area contributed by atoms with Crippen LogP contribution < -0.4 is 5.32 Å². The summed E-state index contributed by atoms with van der Waals surface area (Å²) in [6.07, 6.45) is 5.18. The van der Waals surface area contributed by atoms with Crippen molar-refractivity contribution in [1.82, 2.24) is 5.32 Å². The summed E-state index contributed by atoms with van der Waals surface area (Å²) in [4.78, 5) is 0. The molecule has 0 rings (SSSR count). The second-order valence-corrected chi connectivity index (χ2v) is 5.06. The van der Waals surface area contributed by atoms with Gasteiger partial charge in [0, 0.05) is 32.5 Å². The summed E-state index contributed by atoms with van der Waals surface area (Å²) in [7, 11) is 1.71. The van der Waals surface area contributed by atoms with Crippen LogP contribution in [0.15, 0.2) is 0 Å². The molecule has 1 atom stereocenters. The molecule has 4 nitrogen and oxygen atoms in total. The van der Waals surface area contributed by atoms with Crippen LogP contribution in [0.4, 0.5) is 0 Å². The topological polar surface area (TPSA) is 50.7 Å². The Morgan fingerprint density at radius 2 is 1.83 bits per heavy atom. The highest BCUT2D eigenvalue weighted by Crippen LogP contribution is 2.13. The molecule has 0 bridgehead atoms. The van der Waals surface area contributed by atoms with Crippen molar-refractivity contribution in [3.05, 3.63) is 0 Å².